The molecule has 0 aliphatic carbocycles. The van der Waals surface area contributed by atoms with Crippen LogP contribution in [0.15, 0.2) is 23.2 Å². The van der Waals surface area contributed by atoms with Crippen LogP contribution in [-0.2, 0) is 19.9 Å². The molecule has 0 spiro atoms. The number of nitrogens with zero attached hydrogens (tertiary/aromatic N) is 2. The maximum absolute atomic E-state index is 12.4. The van der Waals surface area contributed by atoms with Crippen LogP contribution in [0.4, 0.5) is 0 Å². The molecule has 1 rings (SSSR count). The van der Waals surface area contributed by atoms with Gasteiger partial charge in [0.15, 0.2) is 0 Å². The predicted molar refractivity (Wildman–Crippen MR) is 79.7 cm³/mol. The van der Waals surface area contributed by atoms with Gasteiger partial charge in [-0.1, -0.05) is 12.2 Å². The molecule has 0 atom stereocenters. The minimum Gasteiger partial charge on any atom is -0.388 e. The average Bonchev–Trinajstić information content (AvgIpc) is 2.34. The average molecular weight is 337 g/mol. The number of hydrogen-bond acceptors (Lipinski definition) is 6. The summed E-state index contributed by atoms with van der Waals surface area (Å²) < 4.78 is 47.8. The minimum absolute atomic E-state index is 0.00583. The van der Waals surface area contributed by atoms with Crippen molar-refractivity contribution in [3.63, 3.8) is 0 Å². The molecule has 0 unspecified atom stereocenters. The van der Waals surface area contributed by atoms with E-state index in [1.54, 1.807) is 0 Å². The van der Waals surface area contributed by atoms with E-state index in [9.17, 15) is 16.8 Å². The summed E-state index contributed by atoms with van der Waals surface area (Å²) in [6, 6.07) is 2.77. The third-order valence-corrected chi connectivity index (χ3v) is 5.48. The zero-order chi connectivity index (χ0) is 15.6. The SMILES string of the molecule is CN(CCS(C)(=O)=O)S(=O)(=O)c1cccnc1C(N)=S. The van der Waals surface area contributed by atoms with E-state index >= 15 is 0 Å². The molecular weight excluding hydrogens is 322 g/mol. The van der Waals surface area contributed by atoms with Crippen molar-refractivity contribution in [3.05, 3.63) is 24.0 Å². The van der Waals surface area contributed by atoms with Crippen LogP contribution < -0.4 is 5.73 Å². The van der Waals surface area contributed by atoms with E-state index in [-0.39, 0.29) is 27.9 Å². The fourth-order valence-corrected chi connectivity index (χ4v) is 3.64. The van der Waals surface area contributed by atoms with Crippen LogP contribution in [0.25, 0.3) is 0 Å². The topological polar surface area (TPSA) is 110 Å². The molecule has 1 heterocycles. The number of sulfone groups is 1. The summed E-state index contributed by atoms with van der Waals surface area (Å²) in [5, 5.41) is 0. The Morgan fingerprint density at radius 2 is 2.00 bits per heavy atom. The summed E-state index contributed by atoms with van der Waals surface area (Å²) in [6.07, 6.45) is 2.42. The summed E-state index contributed by atoms with van der Waals surface area (Å²) >= 11 is 4.77. The highest BCUT2D eigenvalue weighted by Gasteiger charge is 2.26. The van der Waals surface area contributed by atoms with Gasteiger partial charge in [0.25, 0.3) is 0 Å². The Morgan fingerprint density at radius 3 is 2.50 bits per heavy atom. The van der Waals surface area contributed by atoms with Crippen molar-refractivity contribution in [2.45, 2.75) is 4.90 Å². The molecule has 0 saturated carbocycles. The van der Waals surface area contributed by atoms with Crippen LogP contribution in [-0.4, -0.2) is 56.7 Å². The second-order valence-corrected chi connectivity index (χ2v) is 8.88. The molecule has 0 fully saturated rings. The fourth-order valence-electron chi connectivity index (χ4n) is 1.37. The van der Waals surface area contributed by atoms with Gasteiger partial charge in [-0.3, -0.25) is 4.98 Å². The van der Waals surface area contributed by atoms with Crippen LogP contribution >= 0.6 is 12.2 Å². The lowest BCUT2D eigenvalue weighted by atomic mass is 10.3. The first-order chi connectivity index (χ1) is 9.05. The highest BCUT2D eigenvalue weighted by Crippen LogP contribution is 2.17. The van der Waals surface area contributed by atoms with Crippen LogP contribution in [0.5, 0.6) is 0 Å². The Kier molecular flexibility index (Phi) is 5.19. The molecule has 0 aliphatic rings. The predicted octanol–water partition coefficient (Wildman–Crippen LogP) is -0.619. The Labute approximate surface area is 123 Å². The summed E-state index contributed by atoms with van der Waals surface area (Å²) in [5.41, 5.74) is 5.44. The number of aromatic nitrogens is 1. The van der Waals surface area contributed by atoms with Crippen molar-refractivity contribution in [2.75, 3.05) is 25.6 Å². The van der Waals surface area contributed by atoms with Crippen molar-refractivity contribution in [2.24, 2.45) is 5.73 Å². The molecule has 0 bridgehead atoms. The van der Waals surface area contributed by atoms with Crippen molar-refractivity contribution in [3.8, 4) is 0 Å². The molecular formula is C10H15N3O4S3. The smallest absolute Gasteiger partial charge is 0.245 e. The minimum atomic E-state index is -3.90. The van der Waals surface area contributed by atoms with Gasteiger partial charge in [-0.05, 0) is 12.1 Å². The first kappa shape index (κ1) is 17.0. The molecule has 0 amide bonds. The van der Waals surface area contributed by atoms with Crippen molar-refractivity contribution < 1.29 is 16.8 Å². The number of nitrogens with two attached hydrogens (primary N) is 1. The Balaban J connectivity index is 3.14. The first-order valence-electron chi connectivity index (χ1n) is 5.44. The molecule has 0 aromatic carbocycles. The number of rotatable bonds is 6. The standard InChI is InChI=1S/C10H15N3O4S3/c1-13(6-7-19(2,14)15)20(16,17)8-4-3-5-12-9(8)10(11)18/h3-5H,6-7H2,1-2H3,(H2,11,18). The molecule has 1 aromatic heterocycles. The van der Waals surface area contributed by atoms with E-state index in [1.807, 2.05) is 0 Å². The van der Waals surface area contributed by atoms with Crippen LogP contribution in [0.3, 0.4) is 0 Å². The molecule has 112 valence electrons. The van der Waals surface area contributed by atoms with E-state index < -0.39 is 19.9 Å². The largest absolute Gasteiger partial charge is 0.388 e. The van der Waals surface area contributed by atoms with Crippen LogP contribution in [0, 0.1) is 0 Å². The van der Waals surface area contributed by atoms with Crippen LogP contribution in [0.2, 0.25) is 0 Å². The molecule has 7 nitrogen and oxygen atoms in total. The zero-order valence-electron chi connectivity index (χ0n) is 11.0. The van der Waals surface area contributed by atoms with Gasteiger partial charge in [-0.15, -0.1) is 0 Å². The van der Waals surface area contributed by atoms with Gasteiger partial charge in [-0.2, -0.15) is 4.31 Å². The van der Waals surface area contributed by atoms with Gasteiger partial charge in [0, 0.05) is 26.0 Å². The molecule has 0 saturated heterocycles. The molecule has 0 aliphatic heterocycles. The van der Waals surface area contributed by atoms with Gasteiger partial charge in [0.05, 0.1) is 5.75 Å². The lowest BCUT2D eigenvalue weighted by molar-refractivity contribution is 0.484. The maximum atomic E-state index is 12.4. The van der Waals surface area contributed by atoms with E-state index in [1.165, 1.54) is 25.4 Å². The molecule has 1 aromatic rings. The zero-order valence-corrected chi connectivity index (χ0v) is 13.4. The number of hydrogen-bond donors (Lipinski definition) is 1. The molecule has 20 heavy (non-hydrogen) atoms. The monoisotopic (exact) mass is 337 g/mol. The Morgan fingerprint density at radius 1 is 1.40 bits per heavy atom. The van der Waals surface area contributed by atoms with E-state index in [0.29, 0.717) is 0 Å². The quantitative estimate of drug-likeness (QED) is 0.689. The number of sulfonamides is 1. The molecule has 10 heteroatoms. The highest BCUT2D eigenvalue weighted by molar-refractivity contribution is 7.91. The van der Waals surface area contributed by atoms with E-state index in [2.05, 4.69) is 4.98 Å². The Hall–Kier alpha value is -1.10. The molecule has 2 N–H and O–H groups in total. The van der Waals surface area contributed by atoms with E-state index in [4.69, 9.17) is 18.0 Å². The lowest BCUT2D eigenvalue weighted by Crippen LogP contribution is -2.33. The van der Waals surface area contributed by atoms with Gasteiger partial charge in [-0.25, -0.2) is 16.8 Å². The van der Waals surface area contributed by atoms with Gasteiger partial charge in [0.1, 0.15) is 25.4 Å². The Bertz CT molecular complexity index is 713. The van der Waals surface area contributed by atoms with Gasteiger partial charge >= 0.3 is 0 Å². The van der Waals surface area contributed by atoms with Crippen molar-refractivity contribution in [1.82, 2.24) is 9.29 Å². The summed E-state index contributed by atoms with van der Waals surface area (Å²) in [6.45, 7) is -0.160. The van der Waals surface area contributed by atoms with Crippen molar-refractivity contribution >= 4 is 37.1 Å². The summed E-state index contributed by atoms with van der Waals surface area (Å²) in [5.74, 6) is -0.272. The number of thiocarbonyl (C=S) groups is 1. The second-order valence-electron chi connectivity index (χ2n) is 4.17. The van der Waals surface area contributed by atoms with Crippen molar-refractivity contribution in [1.29, 1.82) is 0 Å². The normalized spacial score (nSPS) is 12.6. The van der Waals surface area contributed by atoms with Gasteiger partial charge in [0.2, 0.25) is 10.0 Å². The van der Waals surface area contributed by atoms with Gasteiger partial charge < -0.3 is 5.73 Å². The summed E-state index contributed by atoms with van der Waals surface area (Å²) in [7, 11) is -5.87. The summed E-state index contributed by atoms with van der Waals surface area (Å²) in [4.78, 5) is 3.57. The lowest BCUT2D eigenvalue weighted by Gasteiger charge is -2.18. The van der Waals surface area contributed by atoms with E-state index in [0.717, 1.165) is 10.6 Å². The fraction of sp³-hybridized carbons (Fsp3) is 0.400. The second kappa shape index (κ2) is 6.12. The molecule has 0 radical (unpaired) electrons. The van der Waals surface area contributed by atoms with Crippen LogP contribution in [0.1, 0.15) is 5.69 Å². The first-order valence-corrected chi connectivity index (χ1v) is 9.35. The highest BCUT2D eigenvalue weighted by atomic mass is 32.2. The third kappa shape index (κ3) is 4.20. The maximum Gasteiger partial charge on any atom is 0.245 e. The number of pyridine rings is 1. The third-order valence-electron chi connectivity index (χ3n) is 2.47.